The lowest BCUT2D eigenvalue weighted by molar-refractivity contribution is -0.148. The van der Waals surface area contributed by atoms with E-state index in [-0.39, 0.29) is 11.5 Å². The minimum absolute atomic E-state index is 0.178. The van der Waals surface area contributed by atoms with Crippen molar-refractivity contribution in [3.63, 3.8) is 0 Å². The number of imide groups is 1. The number of benzene rings is 2. The molecule has 2 amide bonds. The lowest BCUT2D eigenvalue weighted by Crippen LogP contribution is -2.42. The molecule has 0 aromatic heterocycles. The Morgan fingerprint density at radius 2 is 1.94 bits per heavy atom. The van der Waals surface area contributed by atoms with Crippen molar-refractivity contribution in [3.05, 3.63) is 60.9 Å². The molecule has 7 nitrogen and oxygen atoms in total. The number of ether oxygens (including phenoxy) is 3. The number of esters is 1. The number of hydrogen-bond acceptors (Lipinski definition) is 7. The molecular formula is C23H20BrCl2NO6S. The van der Waals surface area contributed by atoms with Gasteiger partial charge in [0.2, 0.25) is 0 Å². The predicted molar refractivity (Wildman–Crippen MR) is 135 cm³/mol. The summed E-state index contributed by atoms with van der Waals surface area (Å²) < 4.78 is 16.9. The van der Waals surface area contributed by atoms with Crippen LogP contribution in [0.25, 0.3) is 6.08 Å². The van der Waals surface area contributed by atoms with Crippen LogP contribution in [0.1, 0.15) is 25.0 Å². The zero-order chi connectivity index (χ0) is 25.0. The molecule has 3 rings (SSSR count). The molecule has 11 heteroatoms. The van der Waals surface area contributed by atoms with Gasteiger partial charge >= 0.3 is 5.97 Å². The third kappa shape index (κ3) is 5.89. The van der Waals surface area contributed by atoms with E-state index in [4.69, 9.17) is 32.7 Å². The Morgan fingerprint density at radius 1 is 1.21 bits per heavy atom. The largest absolute Gasteiger partial charge is 0.490 e. The van der Waals surface area contributed by atoms with Gasteiger partial charge in [0, 0.05) is 15.6 Å². The molecule has 1 aliphatic heterocycles. The summed E-state index contributed by atoms with van der Waals surface area (Å²) in [4.78, 5) is 38.0. The first kappa shape index (κ1) is 26.4. The number of hydrogen-bond donors (Lipinski definition) is 0. The Labute approximate surface area is 219 Å². The summed E-state index contributed by atoms with van der Waals surface area (Å²) in [6, 6.07) is 7.55. The molecule has 0 N–H and O–H groups in total. The fourth-order valence-corrected chi connectivity index (χ4v) is 5.05. The third-order valence-electron chi connectivity index (χ3n) is 4.77. The first-order chi connectivity index (χ1) is 16.2. The maximum absolute atomic E-state index is 12.8. The lowest BCUT2D eigenvalue weighted by Gasteiger charge is -2.18. The minimum Gasteiger partial charge on any atom is -0.490 e. The van der Waals surface area contributed by atoms with E-state index in [0.717, 1.165) is 22.2 Å². The van der Waals surface area contributed by atoms with E-state index in [9.17, 15) is 14.4 Å². The van der Waals surface area contributed by atoms with Gasteiger partial charge in [0.25, 0.3) is 11.1 Å². The Hall–Kier alpha value is -2.20. The highest BCUT2D eigenvalue weighted by molar-refractivity contribution is 9.10. The molecular weight excluding hydrogens is 569 g/mol. The Kier molecular flexibility index (Phi) is 8.92. The second kappa shape index (κ2) is 11.5. The van der Waals surface area contributed by atoms with Crippen molar-refractivity contribution >= 4 is 74.1 Å². The van der Waals surface area contributed by atoms with E-state index in [1.165, 1.54) is 14.0 Å². The zero-order valence-corrected chi connectivity index (χ0v) is 22.3. The van der Waals surface area contributed by atoms with E-state index < -0.39 is 23.2 Å². The molecule has 0 unspecified atom stereocenters. The molecule has 1 fully saturated rings. The summed E-state index contributed by atoms with van der Waals surface area (Å²) in [5, 5.41) is 0.466. The van der Waals surface area contributed by atoms with E-state index in [1.807, 2.05) is 6.92 Å². The Morgan fingerprint density at radius 3 is 2.59 bits per heavy atom. The molecule has 34 heavy (non-hydrogen) atoms. The number of carbonyl (C=O) groups is 3. The smallest absolute Gasteiger partial charge is 0.328 e. The summed E-state index contributed by atoms with van der Waals surface area (Å²) >= 11 is 16.4. The van der Waals surface area contributed by atoms with Crippen molar-refractivity contribution in [1.29, 1.82) is 0 Å². The van der Waals surface area contributed by atoms with Crippen molar-refractivity contribution in [2.45, 2.75) is 26.5 Å². The highest BCUT2D eigenvalue weighted by Crippen LogP contribution is 2.40. The number of rotatable bonds is 8. The molecule has 1 heterocycles. The predicted octanol–water partition coefficient (Wildman–Crippen LogP) is 6.33. The normalized spacial score (nSPS) is 15.6. The molecule has 1 atom stereocenters. The van der Waals surface area contributed by atoms with Crippen molar-refractivity contribution in [1.82, 2.24) is 4.90 Å². The molecule has 2 aromatic carbocycles. The summed E-state index contributed by atoms with van der Waals surface area (Å²) in [7, 11) is 1.20. The lowest BCUT2D eigenvalue weighted by atomic mass is 10.1. The van der Waals surface area contributed by atoms with Crippen LogP contribution < -0.4 is 9.47 Å². The Balaban J connectivity index is 1.87. The SMILES string of the molecule is CCOc1cc(/C=C2/SC(=O)N([C@@H](C)C(=O)OC)C2=O)cc(Br)c1OCc1ccc(Cl)cc1Cl. The maximum Gasteiger partial charge on any atom is 0.328 e. The average Bonchev–Trinajstić information content (AvgIpc) is 3.06. The van der Waals surface area contributed by atoms with Gasteiger partial charge in [-0.3, -0.25) is 14.5 Å². The van der Waals surface area contributed by atoms with E-state index >= 15 is 0 Å². The molecule has 0 bridgehead atoms. The van der Waals surface area contributed by atoms with Gasteiger partial charge in [0.05, 0.1) is 23.1 Å². The van der Waals surface area contributed by atoms with Crippen LogP contribution in [-0.2, 0) is 20.9 Å². The van der Waals surface area contributed by atoms with Crippen LogP contribution in [0.5, 0.6) is 11.5 Å². The van der Waals surface area contributed by atoms with Gasteiger partial charge in [0.15, 0.2) is 11.5 Å². The second-order valence-electron chi connectivity index (χ2n) is 7.04. The number of thioether (sulfide) groups is 1. The van der Waals surface area contributed by atoms with Crippen molar-refractivity contribution in [3.8, 4) is 11.5 Å². The van der Waals surface area contributed by atoms with Gasteiger partial charge in [0.1, 0.15) is 12.6 Å². The van der Waals surface area contributed by atoms with Crippen LogP contribution in [0.4, 0.5) is 4.79 Å². The molecule has 180 valence electrons. The second-order valence-corrected chi connectivity index (χ2v) is 9.73. The number of amides is 2. The van der Waals surface area contributed by atoms with E-state index in [2.05, 4.69) is 20.7 Å². The van der Waals surface area contributed by atoms with Gasteiger partial charge in [-0.05, 0) is 77.4 Å². The molecule has 0 aliphatic carbocycles. The quantitative estimate of drug-likeness (QED) is 0.263. The third-order valence-corrected chi connectivity index (χ3v) is 6.83. The number of carbonyl (C=O) groups excluding carboxylic acids is 3. The molecule has 0 radical (unpaired) electrons. The highest BCUT2D eigenvalue weighted by Gasteiger charge is 2.41. The van der Waals surface area contributed by atoms with Crippen LogP contribution in [0.15, 0.2) is 39.7 Å². The zero-order valence-electron chi connectivity index (χ0n) is 18.4. The Bertz CT molecular complexity index is 1170. The molecule has 2 aromatic rings. The van der Waals surface area contributed by atoms with Gasteiger partial charge < -0.3 is 14.2 Å². The van der Waals surface area contributed by atoms with E-state index in [0.29, 0.717) is 38.2 Å². The van der Waals surface area contributed by atoms with Gasteiger partial charge in [-0.2, -0.15) is 0 Å². The van der Waals surface area contributed by atoms with E-state index in [1.54, 1.807) is 36.4 Å². The van der Waals surface area contributed by atoms with Crippen LogP contribution in [0.2, 0.25) is 10.0 Å². The molecule has 1 saturated heterocycles. The van der Waals surface area contributed by atoms with Crippen LogP contribution in [0, 0.1) is 0 Å². The van der Waals surface area contributed by atoms with Crippen LogP contribution in [0.3, 0.4) is 0 Å². The summed E-state index contributed by atoms with van der Waals surface area (Å²) in [6.45, 7) is 3.83. The van der Waals surface area contributed by atoms with Gasteiger partial charge in [-0.15, -0.1) is 0 Å². The highest BCUT2D eigenvalue weighted by atomic mass is 79.9. The first-order valence-corrected chi connectivity index (χ1v) is 12.4. The summed E-state index contributed by atoms with van der Waals surface area (Å²) in [5.41, 5.74) is 1.35. The molecule has 0 spiro atoms. The molecule has 1 aliphatic rings. The number of nitrogens with zero attached hydrogens (tertiary/aromatic N) is 1. The minimum atomic E-state index is -1.02. The van der Waals surface area contributed by atoms with Gasteiger partial charge in [-0.1, -0.05) is 29.3 Å². The van der Waals surface area contributed by atoms with Crippen LogP contribution in [-0.4, -0.2) is 41.8 Å². The summed E-state index contributed by atoms with van der Waals surface area (Å²) in [5.74, 6) is -0.347. The maximum atomic E-state index is 12.8. The fraction of sp³-hybridized carbons (Fsp3) is 0.261. The average molecular weight is 589 g/mol. The van der Waals surface area contributed by atoms with Gasteiger partial charge in [-0.25, -0.2) is 4.79 Å². The summed E-state index contributed by atoms with van der Waals surface area (Å²) in [6.07, 6.45) is 1.56. The molecule has 0 saturated carbocycles. The number of halogens is 3. The number of methoxy groups -OCH3 is 1. The van der Waals surface area contributed by atoms with Crippen LogP contribution >= 0.6 is 50.9 Å². The topological polar surface area (TPSA) is 82.1 Å². The van der Waals surface area contributed by atoms with Crippen molar-refractivity contribution < 1.29 is 28.6 Å². The standard InChI is InChI=1S/C23H20BrCl2NO6S/c1-4-32-18-8-13(9-19-21(28)27(23(30)34-19)12(2)22(29)31-3)7-16(24)20(18)33-11-14-5-6-15(25)10-17(14)26/h5-10,12H,4,11H2,1-3H3/b19-9+/t12-/m0/s1. The van der Waals surface area contributed by atoms with Crippen molar-refractivity contribution in [2.24, 2.45) is 0 Å². The first-order valence-electron chi connectivity index (χ1n) is 10.0. The monoisotopic (exact) mass is 587 g/mol. The van der Waals surface area contributed by atoms with Crippen molar-refractivity contribution in [2.75, 3.05) is 13.7 Å². The fourth-order valence-electron chi connectivity index (χ4n) is 3.10.